The molecule has 0 aliphatic carbocycles. The Hall–Kier alpha value is -2.89. The molecule has 0 aromatic rings. The summed E-state index contributed by atoms with van der Waals surface area (Å²) in [6, 6.07) is 0. The standard InChI is InChI=1S/C66H118O6/c1-4-7-10-13-16-18-20-22-24-26-27-28-29-30-31-32-33-34-35-36-37-38-39-40-42-43-45-47-50-53-56-59-65(68)71-62-63(61-70-64(67)58-55-52-49-15-12-9-6-3)72-66(69)60-57-54-51-48-46-44-41-25-23-21-19-17-14-11-8-5-2/h19-22,25-27,29-30,41,63H,4-18,23-24,28,31-40,42-62H2,1-3H3/b21-19-,22-20-,27-26-,30-29-,41-25-. The van der Waals surface area contributed by atoms with Crippen LogP contribution >= 0.6 is 0 Å². The zero-order valence-corrected chi connectivity index (χ0v) is 47.9. The lowest BCUT2D eigenvalue weighted by atomic mass is 10.0. The molecule has 0 rings (SSSR count). The molecule has 6 nitrogen and oxygen atoms in total. The highest BCUT2D eigenvalue weighted by atomic mass is 16.6. The van der Waals surface area contributed by atoms with E-state index in [1.165, 1.54) is 186 Å². The van der Waals surface area contributed by atoms with E-state index >= 15 is 0 Å². The van der Waals surface area contributed by atoms with Crippen LogP contribution in [0.3, 0.4) is 0 Å². The van der Waals surface area contributed by atoms with Gasteiger partial charge in [0.25, 0.3) is 0 Å². The van der Waals surface area contributed by atoms with Crippen molar-refractivity contribution in [2.24, 2.45) is 0 Å². The number of carbonyl (C=O) groups is 3. The van der Waals surface area contributed by atoms with Gasteiger partial charge in [0.1, 0.15) is 13.2 Å². The van der Waals surface area contributed by atoms with E-state index in [0.29, 0.717) is 19.3 Å². The molecule has 0 spiro atoms. The minimum Gasteiger partial charge on any atom is -0.462 e. The van der Waals surface area contributed by atoms with Gasteiger partial charge in [-0.15, -0.1) is 0 Å². The van der Waals surface area contributed by atoms with Crippen LogP contribution in [-0.2, 0) is 28.6 Å². The number of esters is 3. The van der Waals surface area contributed by atoms with Gasteiger partial charge in [-0.2, -0.15) is 0 Å². The van der Waals surface area contributed by atoms with E-state index in [1.54, 1.807) is 0 Å². The molecule has 72 heavy (non-hydrogen) atoms. The van der Waals surface area contributed by atoms with Crippen LogP contribution in [0.4, 0.5) is 0 Å². The summed E-state index contributed by atoms with van der Waals surface area (Å²) in [5.41, 5.74) is 0. The predicted molar refractivity (Wildman–Crippen MR) is 312 cm³/mol. The molecule has 0 N–H and O–H groups in total. The van der Waals surface area contributed by atoms with E-state index in [4.69, 9.17) is 14.2 Å². The van der Waals surface area contributed by atoms with Crippen molar-refractivity contribution >= 4 is 17.9 Å². The maximum Gasteiger partial charge on any atom is 0.306 e. The van der Waals surface area contributed by atoms with Gasteiger partial charge in [-0.1, -0.05) is 274 Å². The molecular weight excluding hydrogens is 889 g/mol. The highest BCUT2D eigenvalue weighted by molar-refractivity contribution is 5.71. The lowest BCUT2D eigenvalue weighted by Gasteiger charge is -2.18. The quantitative estimate of drug-likeness (QED) is 0.0261. The van der Waals surface area contributed by atoms with E-state index in [-0.39, 0.29) is 31.1 Å². The second-order valence-corrected chi connectivity index (χ2v) is 21.0. The average molecular weight is 1010 g/mol. The van der Waals surface area contributed by atoms with Gasteiger partial charge in [0.2, 0.25) is 0 Å². The molecule has 0 aliphatic rings. The Morgan fingerprint density at radius 2 is 0.500 bits per heavy atom. The van der Waals surface area contributed by atoms with Crippen LogP contribution in [0.1, 0.15) is 323 Å². The van der Waals surface area contributed by atoms with Gasteiger partial charge in [0.05, 0.1) is 0 Å². The molecule has 0 heterocycles. The number of allylic oxidation sites excluding steroid dienone is 10. The summed E-state index contributed by atoms with van der Waals surface area (Å²) in [6.45, 7) is 6.58. The second-order valence-electron chi connectivity index (χ2n) is 21.0. The van der Waals surface area contributed by atoms with Crippen molar-refractivity contribution in [1.29, 1.82) is 0 Å². The maximum atomic E-state index is 12.8. The van der Waals surface area contributed by atoms with E-state index in [2.05, 4.69) is 81.5 Å². The number of unbranched alkanes of at least 4 members (excludes halogenated alkanes) is 36. The molecule has 0 saturated heterocycles. The first kappa shape index (κ1) is 69.1. The fourth-order valence-electron chi connectivity index (χ4n) is 9.01. The average Bonchev–Trinajstić information content (AvgIpc) is 3.38. The van der Waals surface area contributed by atoms with Gasteiger partial charge >= 0.3 is 17.9 Å². The Morgan fingerprint density at radius 1 is 0.278 bits per heavy atom. The monoisotopic (exact) mass is 1010 g/mol. The van der Waals surface area contributed by atoms with Crippen LogP contribution < -0.4 is 0 Å². The SMILES string of the molecule is CCCCCC/C=C\C/C=C\CCCCCCCC(=O)OC(COC(=O)CCCCCCCCC)COC(=O)CCCCCCCCCCCCCCCCCC/C=C\C/C=C\C/C=C\CCCCCCC. The van der Waals surface area contributed by atoms with Gasteiger partial charge in [-0.3, -0.25) is 14.4 Å². The molecule has 0 fully saturated rings. The van der Waals surface area contributed by atoms with Gasteiger partial charge in [0, 0.05) is 19.3 Å². The first-order valence-electron chi connectivity index (χ1n) is 31.3. The van der Waals surface area contributed by atoms with Crippen molar-refractivity contribution < 1.29 is 28.6 Å². The zero-order valence-electron chi connectivity index (χ0n) is 47.9. The summed E-state index contributed by atoms with van der Waals surface area (Å²) in [4.78, 5) is 38.0. The normalized spacial score (nSPS) is 12.4. The molecule has 0 aliphatic heterocycles. The van der Waals surface area contributed by atoms with Crippen LogP contribution in [0.15, 0.2) is 60.8 Å². The van der Waals surface area contributed by atoms with E-state index < -0.39 is 6.10 Å². The molecule has 1 unspecified atom stereocenters. The molecule has 0 aromatic heterocycles. The topological polar surface area (TPSA) is 78.9 Å². The summed E-state index contributed by atoms with van der Waals surface area (Å²) in [5.74, 6) is -0.885. The third kappa shape index (κ3) is 58.0. The van der Waals surface area contributed by atoms with Crippen molar-refractivity contribution in [3.8, 4) is 0 Å². The van der Waals surface area contributed by atoms with E-state index in [1.807, 2.05) is 0 Å². The minimum absolute atomic E-state index is 0.0770. The Bertz CT molecular complexity index is 1290. The van der Waals surface area contributed by atoms with Crippen molar-refractivity contribution in [2.75, 3.05) is 13.2 Å². The predicted octanol–water partition coefficient (Wildman–Crippen LogP) is 21.2. The smallest absolute Gasteiger partial charge is 0.306 e. The Morgan fingerprint density at radius 3 is 0.792 bits per heavy atom. The zero-order chi connectivity index (χ0) is 52.2. The Balaban J connectivity index is 4.05. The Labute approximate surface area is 447 Å². The second kappa shape index (κ2) is 60.7. The highest BCUT2D eigenvalue weighted by Gasteiger charge is 2.19. The minimum atomic E-state index is -0.777. The molecule has 1 atom stereocenters. The molecular formula is C66H118O6. The maximum absolute atomic E-state index is 12.8. The van der Waals surface area contributed by atoms with Crippen molar-refractivity contribution in [3.05, 3.63) is 60.8 Å². The Kier molecular flexibility index (Phi) is 58.2. The van der Waals surface area contributed by atoms with Crippen LogP contribution in [0.2, 0.25) is 0 Å². The summed E-state index contributed by atoms with van der Waals surface area (Å²) >= 11 is 0. The molecule has 0 saturated carbocycles. The molecule has 0 amide bonds. The third-order valence-electron chi connectivity index (χ3n) is 13.7. The number of hydrogen-bond acceptors (Lipinski definition) is 6. The van der Waals surface area contributed by atoms with Crippen molar-refractivity contribution in [3.63, 3.8) is 0 Å². The first-order valence-corrected chi connectivity index (χ1v) is 31.3. The van der Waals surface area contributed by atoms with Crippen LogP contribution in [0, 0.1) is 0 Å². The lowest BCUT2D eigenvalue weighted by molar-refractivity contribution is -0.167. The lowest BCUT2D eigenvalue weighted by Crippen LogP contribution is -2.30. The highest BCUT2D eigenvalue weighted by Crippen LogP contribution is 2.16. The summed E-state index contributed by atoms with van der Waals surface area (Å²) in [6.07, 6.45) is 76.9. The third-order valence-corrected chi connectivity index (χ3v) is 13.7. The summed E-state index contributed by atoms with van der Waals surface area (Å²) < 4.78 is 16.8. The molecule has 418 valence electrons. The first-order chi connectivity index (χ1) is 35.5. The number of rotatable bonds is 57. The van der Waals surface area contributed by atoms with Gasteiger partial charge < -0.3 is 14.2 Å². The van der Waals surface area contributed by atoms with Crippen molar-refractivity contribution in [1.82, 2.24) is 0 Å². The van der Waals surface area contributed by atoms with Gasteiger partial charge in [-0.25, -0.2) is 0 Å². The molecule has 0 radical (unpaired) electrons. The molecule has 6 heteroatoms. The van der Waals surface area contributed by atoms with E-state index in [9.17, 15) is 14.4 Å². The van der Waals surface area contributed by atoms with E-state index in [0.717, 1.165) is 96.3 Å². The number of hydrogen-bond donors (Lipinski definition) is 0. The van der Waals surface area contributed by atoms with Gasteiger partial charge in [0.15, 0.2) is 6.10 Å². The van der Waals surface area contributed by atoms with Crippen molar-refractivity contribution in [2.45, 2.75) is 329 Å². The summed E-state index contributed by atoms with van der Waals surface area (Å²) in [7, 11) is 0. The summed E-state index contributed by atoms with van der Waals surface area (Å²) in [5, 5.41) is 0. The largest absolute Gasteiger partial charge is 0.462 e. The van der Waals surface area contributed by atoms with Crippen LogP contribution in [0.5, 0.6) is 0 Å². The van der Waals surface area contributed by atoms with Crippen LogP contribution in [0.25, 0.3) is 0 Å². The number of carbonyl (C=O) groups excluding carboxylic acids is 3. The molecule has 0 aromatic carbocycles. The number of ether oxygens (including phenoxy) is 3. The van der Waals surface area contributed by atoms with Crippen LogP contribution in [-0.4, -0.2) is 37.2 Å². The molecule has 0 bridgehead atoms. The fourth-order valence-corrected chi connectivity index (χ4v) is 9.01. The fraction of sp³-hybridized carbons (Fsp3) is 0.803. The van der Waals surface area contributed by atoms with Gasteiger partial charge in [-0.05, 0) is 89.9 Å².